The molecule has 11 heteroatoms. The molecule has 29 heavy (non-hydrogen) atoms. The van der Waals surface area contributed by atoms with Crippen LogP contribution in [0.3, 0.4) is 0 Å². The average Bonchev–Trinajstić information content (AvgIpc) is 3.18. The van der Waals surface area contributed by atoms with E-state index in [9.17, 15) is 14.7 Å². The van der Waals surface area contributed by atoms with Crippen LogP contribution in [0.5, 0.6) is 0 Å². The predicted molar refractivity (Wildman–Crippen MR) is 99.4 cm³/mol. The van der Waals surface area contributed by atoms with E-state index in [2.05, 4.69) is 20.4 Å². The van der Waals surface area contributed by atoms with Crippen LogP contribution in [0.25, 0.3) is 11.5 Å². The Morgan fingerprint density at radius 2 is 2.03 bits per heavy atom. The zero-order chi connectivity index (χ0) is 21.3. The molecule has 3 N–H and O–H groups in total. The summed E-state index contributed by atoms with van der Waals surface area (Å²) in [5.74, 6) is 0.282. The number of carbonyl (C=O) groups is 3. The van der Waals surface area contributed by atoms with Gasteiger partial charge in [-0.05, 0) is 12.1 Å². The van der Waals surface area contributed by atoms with Gasteiger partial charge in [0.05, 0.1) is 0 Å². The van der Waals surface area contributed by atoms with Crippen molar-refractivity contribution in [1.29, 1.82) is 0 Å². The van der Waals surface area contributed by atoms with Gasteiger partial charge < -0.3 is 25.0 Å². The normalized spacial score (nSPS) is 15.0. The second kappa shape index (κ2) is 10.3. The topological polar surface area (TPSA) is 159 Å². The molecule has 3 heterocycles. The standard InChI is InChI=1S/C17H21N5O4.CH2O2/c1-12(23)22-10-6-17(25,7-11-22)16(24)19-9-5-14-20-15(21-26-14)13-4-2-3-8-18-13;2-1-3/h2-4,8,25H,5-7,9-11H2,1H3,(H,19,24);1H,(H,2,3). The molecule has 1 saturated heterocycles. The fraction of sp³-hybridized carbons (Fsp3) is 0.444. The van der Waals surface area contributed by atoms with Gasteiger partial charge in [-0.1, -0.05) is 11.2 Å². The second-order valence-corrected chi connectivity index (χ2v) is 6.38. The number of carboxylic acid groups (broad SMARTS) is 1. The zero-order valence-corrected chi connectivity index (χ0v) is 15.9. The molecule has 0 atom stereocenters. The van der Waals surface area contributed by atoms with E-state index >= 15 is 0 Å². The van der Waals surface area contributed by atoms with Crippen molar-refractivity contribution >= 4 is 18.3 Å². The van der Waals surface area contributed by atoms with E-state index in [1.54, 1.807) is 23.2 Å². The third-order valence-corrected chi connectivity index (χ3v) is 4.45. The lowest BCUT2D eigenvalue weighted by molar-refractivity contribution is -0.148. The van der Waals surface area contributed by atoms with Crippen molar-refractivity contribution in [2.24, 2.45) is 0 Å². The molecule has 0 unspecified atom stereocenters. The predicted octanol–water partition coefficient (Wildman–Crippen LogP) is -0.135. The van der Waals surface area contributed by atoms with E-state index in [-0.39, 0.29) is 31.8 Å². The summed E-state index contributed by atoms with van der Waals surface area (Å²) < 4.78 is 5.15. The van der Waals surface area contributed by atoms with E-state index in [0.717, 1.165) is 0 Å². The number of nitrogens with one attached hydrogen (secondary N) is 1. The molecule has 0 radical (unpaired) electrons. The molecule has 1 aliphatic heterocycles. The minimum absolute atomic E-state index is 0.0486. The first-order chi connectivity index (χ1) is 13.9. The quantitative estimate of drug-likeness (QED) is 0.576. The van der Waals surface area contributed by atoms with Gasteiger partial charge in [0, 0.05) is 52.0 Å². The second-order valence-electron chi connectivity index (χ2n) is 6.38. The molecule has 1 fully saturated rings. The van der Waals surface area contributed by atoms with Gasteiger partial charge in [0.2, 0.25) is 17.6 Å². The minimum Gasteiger partial charge on any atom is -0.483 e. The maximum absolute atomic E-state index is 12.3. The highest BCUT2D eigenvalue weighted by molar-refractivity contribution is 5.85. The van der Waals surface area contributed by atoms with Gasteiger partial charge in [-0.25, -0.2) is 0 Å². The Morgan fingerprint density at radius 3 is 2.62 bits per heavy atom. The Morgan fingerprint density at radius 1 is 1.34 bits per heavy atom. The lowest BCUT2D eigenvalue weighted by atomic mass is 9.90. The van der Waals surface area contributed by atoms with Crippen LogP contribution in [-0.2, 0) is 20.8 Å². The summed E-state index contributed by atoms with van der Waals surface area (Å²) in [6.45, 7) is 2.24. The highest BCUT2D eigenvalue weighted by Gasteiger charge is 2.39. The molecule has 0 saturated carbocycles. The van der Waals surface area contributed by atoms with Gasteiger partial charge >= 0.3 is 0 Å². The molecule has 2 aromatic rings. The molecule has 2 amide bonds. The molecule has 156 valence electrons. The van der Waals surface area contributed by atoms with Crippen LogP contribution in [0.15, 0.2) is 28.9 Å². The van der Waals surface area contributed by atoms with E-state index in [1.165, 1.54) is 6.92 Å². The summed E-state index contributed by atoms with van der Waals surface area (Å²) in [6, 6.07) is 5.40. The molecule has 11 nitrogen and oxygen atoms in total. The van der Waals surface area contributed by atoms with Crippen molar-refractivity contribution in [3.05, 3.63) is 30.3 Å². The summed E-state index contributed by atoms with van der Waals surface area (Å²) in [4.78, 5) is 42.0. The number of carbonyl (C=O) groups excluding carboxylic acids is 2. The van der Waals surface area contributed by atoms with Crippen molar-refractivity contribution in [2.45, 2.75) is 31.8 Å². The number of aromatic nitrogens is 3. The Kier molecular flexibility index (Phi) is 7.78. The van der Waals surface area contributed by atoms with Gasteiger partial charge in [-0.15, -0.1) is 0 Å². The molecule has 2 aromatic heterocycles. The number of pyridine rings is 1. The van der Waals surface area contributed by atoms with Crippen LogP contribution in [0, 0.1) is 0 Å². The first-order valence-electron chi connectivity index (χ1n) is 8.97. The summed E-state index contributed by atoms with van der Waals surface area (Å²) in [7, 11) is 0. The van der Waals surface area contributed by atoms with Crippen LogP contribution >= 0.6 is 0 Å². The Labute approximate surface area is 166 Å². The number of nitrogens with zero attached hydrogens (tertiary/aromatic N) is 4. The monoisotopic (exact) mass is 405 g/mol. The molecule has 0 aliphatic carbocycles. The van der Waals surface area contributed by atoms with Crippen LogP contribution in [-0.4, -0.2) is 73.8 Å². The SMILES string of the molecule is CC(=O)N1CCC(O)(C(=O)NCCc2nc(-c3ccccn3)no2)CC1.O=CO. The molecule has 0 aromatic carbocycles. The molecular formula is C18H23N5O6. The summed E-state index contributed by atoms with van der Waals surface area (Å²) in [5, 5.41) is 23.9. The van der Waals surface area contributed by atoms with Gasteiger partial charge in [0.25, 0.3) is 12.4 Å². The Bertz CT molecular complexity index is 817. The number of likely N-dealkylation sites (tertiary alicyclic amines) is 1. The molecule has 1 aliphatic rings. The number of hydrogen-bond donors (Lipinski definition) is 3. The van der Waals surface area contributed by atoms with Crippen LogP contribution in [0.1, 0.15) is 25.7 Å². The summed E-state index contributed by atoms with van der Waals surface area (Å²) >= 11 is 0. The van der Waals surface area contributed by atoms with Gasteiger partial charge in [-0.3, -0.25) is 19.4 Å². The molecular weight excluding hydrogens is 382 g/mol. The maximum atomic E-state index is 12.3. The van der Waals surface area contributed by atoms with Crippen molar-refractivity contribution < 1.29 is 29.1 Å². The van der Waals surface area contributed by atoms with E-state index in [4.69, 9.17) is 14.4 Å². The van der Waals surface area contributed by atoms with Crippen molar-refractivity contribution in [3.63, 3.8) is 0 Å². The first-order valence-corrected chi connectivity index (χ1v) is 8.97. The van der Waals surface area contributed by atoms with Gasteiger partial charge in [-0.2, -0.15) is 4.98 Å². The number of rotatable bonds is 5. The fourth-order valence-corrected chi connectivity index (χ4v) is 2.82. The smallest absolute Gasteiger partial charge is 0.290 e. The van der Waals surface area contributed by atoms with Crippen molar-refractivity contribution in [1.82, 2.24) is 25.3 Å². The van der Waals surface area contributed by atoms with Crippen LogP contribution in [0.4, 0.5) is 0 Å². The fourth-order valence-electron chi connectivity index (χ4n) is 2.82. The zero-order valence-electron chi connectivity index (χ0n) is 15.9. The highest BCUT2D eigenvalue weighted by Crippen LogP contribution is 2.22. The molecule has 0 bridgehead atoms. The van der Waals surface area contributed by atoms with Gasteiger partial charge in [0.15, 0.2) is 0 Å². The highest BCUT2D eigenvalue weighted by atomic mass is 16.5. The van der Waals surface area contributed by atoms with E-state index in [0.29, 0.717) is 36.9 Å². The van der Waals surface area contributed by atoms with Crippen LogP contribution < -0.4 is 5.32 Å². The third kappa shape index (κ3) is 6.07. The molecule has 3 rings (SSSR count). The Hall–Kier alpha value is -3.34. The summed E-state index contributed by atoms with van der Waals surface area (Å²) in [6.07, 6.45) is 2.44. The third-order valence-electron chi connectivity index (χ3n) is 4.45. The summed E-state index contributed by atoms with van der Waals surface area (Å²) in [5.41, 5.74) is -0.835. The minimum atomic E-state index is -1.44. The lowest BCUT2D eigenvalue weighted by Crippen LogP contribution is -2.54. The lowest BCUT2D eigenvalue weighted by Gasteiger charge is -2.36. The van der Waals surface area contributed by atoms with Crippen LogP contribution in [0.2, 0.25) is 0 Å². The average molecular weight is 405 g/mol. The number of hydrogen-bond acceptors (Lipinski definition) is 8. The Balaban J connectivity index is 0.000000941. The van der Waals surface area contributed by atoms with E-state index in [1.807, 2.05) is 6.07 Å². The number of aliphatic hydroxyl groups is 1. The largest absolute Gasteiger partial charge is 0.483 e. The first kappa shape index (κ1) is 22.0. The maximum Gasteiger partial charge on any atom is 0.290 e. The van der Waals surface area contributed by atoms with Gasteiger partial charge in [0.1, 0.15) is 11.3 Å². The number of amides is 2. The van der Waals surface area contributed by atoms with Crippen molar-refractivity contribution in [3.8, 4) is 11.5 Å². The van der Waals surface area contributed by atoms with E-state index < -0.39 is 11.5 Å². The molecule has 0 spiro atoms. The number of piperidine rings is 1. The van der Waals surface area contributed by atoms with Crippen molar-refractivity contribution in [2.75, 3.05) is 19.6 Å².